The number of hydrogen-bond acceptors (Lipinski definition) is 14. The van der Waals surface area contributed by atoms with Crippen molar-refractivity contribution in [2.75, 3.05) is 35.4 Å². The highest BCUT2D eigenvalue weighted by atomic mass is 32.2. The fourth-order valence-electron chi connectivity index (χ4n) is 3.74. The van der Waals surface area contributed by atoms with Crippen molar-refractivity contribution in [1.29, 1.82) is 0 Å². The second-order valence-corrected chi connectivity index (χ2v) is 18.6. The van der Waals surface area contributed by atoms with Crippen LogP contribution in [0.2, 0.25) is 19.6 Å². The molecule has 4 atom stereocenters. The van der Waals surface area contributed by atoms with Crippen molar-refractivity contribution >= 4 is 55.3 Å². The molecule has 2 unspecified atom stereocenters. The average molecular weight is 721 g/mol. The number of thioether (sulfide) groups is 2. The molecule has 0 spiro atoms. The number of carbonyl (C=O) groups excluding carboxylic acids is 2. The minimum Gasteiger partial charge on any atom is -0.463 e. The van der Waals surface area contributed by atoms with Crippen LogP contribution in [0.1, 0.15) is 57.8 Å². The molecule has 2 aliphatic heterocycles. The second-order valence-electron chi connectivity index (χ2n) is 11.6. The van der Waals surface area contributed by atoms with E-state index in [-0.39, 0.29) is 35.9 Å². The molecule has 0 radical (unpaired) electrons. The molecule has 13 nitrogen and oxygen atoms in total. The first-order valence-corrected chi connectivity index (χ1v) is 20.9. The van der Waals surface area contributed by atoms with Crippen molar-refractivity contribution < 1.29 is 37.3 Å². The van der Waals surface area contributed by atoms with Crippen molar-refractivity contribution in [1.82, 2.24) is 19.5 Å². The van der Waals surface area contributed by atoms with Crippen LogP contribution in [0.25, 0.3) is 0 Å². The lowest BCUT2D eigenvalue weighted by atomic mass is 10.3. The summed E-state index contributed by atoms with van der Waals surface area (Å²) in [6.07, 6.45) is 4.54. The Hall–Kier alpha value is -2.80. The van der Waals surface area contributed by atoms with Gasteiger partial charge in [0.25, 0.3) is 0 Å². The Morgan fingerprint density at radius 1 is 1.04 bits per heavy atom. The molecule has 0 bridgehead atoms. The third-order valence-electron chi connectivity index (χ3n) is 5.87. The molecule has 2 aromatic rings. The second kappa shape index (κ2) is 19.9. The molecule has 47 heavy (non-hydrogen) atoms. The highest BCUT2D eigenvalue weighted by Crippen LogP contribution is 2.33. The summed E-state index contributed by atoms with van der Waals surface area (Å²) in [5.74, 6) is 0.430. The smallest absolute Gasteiger partial charge is 0.352 e. The molecule has 2 aliphatic rings. The van der Waals surface area contributed by atoms with Gasteiger partial charge in [0.15, 0.2) is 28.8 Å². The molecule has 2 fully saturated rings. The number of nitrogen functional groups attached to an aromatic ring is 1. The van der Waals surface area contributed by atoms with Crippen molar-refractivity contribution in [3.63, 3.8) is 0 Å². The molecule has 2 aromatic heterocycles. The first-order chi connectivity index (χ1) is 22.1. The molecule has 3 N–H and O–H groups in total. The maximum absolute atomic E-state index is 13.4. The number of nitrogens with zero attached hydrogens (tertiary/aromatic N) is 4. The van der Waals surface area contributed by atoms with E-state index in [0.717, 1.165) is 22.9 Å². The lowest BCUT2D eigenvalue weighted by Gasteiger charge is -2.18. The predicted molar refractivity (Wildman–Crippen MR) is 181 cm³/mol. The zero-order valence-corrected chi connectivity index (χ0v) is 30.6. The summed E-state index contributed by atoms with van der Waals surface area (Å²) in [5.41, 5.74) is 3.89. The van der Waals surface area contributed by atoms with E-state index in [2.05, 4.69) is 39.6 Å². The lowest BCUT2D eigenvalue weighted by molar-refractivity contribution is -0.148. The molecular weight excluding hydrogens is 675 g/mol. The Bertz CT molecular complexity index is 1370. The van der Waals surface area contributed by atoms with E-state index >= 15 is 0 Å². The number of rotatable bonds is 11. The van der Waals surface area contributed by atoms with Crippen LogP contribution in [0.15, 0.2) is 17.2 Å². The maximum atomic E-state index is 13.4. The molecule has 264 valence electrons. The third kappa shape index (κ3) is 15.3. The van der Waals surface area contributed by atoms with Crippen LogP contribution >= 0.6 is 23.5 Å². The summed E-state index contributed by atoms with van der Waals surface area (Å²) < 4.78 is 48.6. The average Bonchev–Trinajstić information content (AvgIpc) is 3.64. The quantitative estimate of drug-likeness (QED) is 0.238. The Morgan fingerprint density at radius 2 is 1.68 bits per heavy atom. The fourth-order valence-corrected chi connectivity index (χ4v) is 6.72. The molecule has 18 heteroatoms. The summed E-state index contributed by atoms with van der Waals surface area (Å²) in [7, 11) is -1.53. The number of aryl methyl sites for hydroxylation is 1. The molecule has 4 rings (SSSR count). The first kappa shape index (κ1) is 40.4. The number of nitrogens with one attached hydrogen (secondary N) is 1. The minimum atomic E-state index is -1.53. The van der Waals surface area contributed by atoms with Crippen molar-refractivity contribution in [2.24, 2.45) is 0 Å². The highest BCUT2D eigenvalue weighted by molar-refractivity contribution is 8.00. The molecule has 0 aliphatic carbocycles. The van der Waals surface area contributed by atoms with Gasteiger partial charge in [-0.05, 0) is 26.7 Å². The van der Waals surface area contributed by atoms with Gasteiger partial charge >= 0.3 is 17.6 Å². The lowest BCUT2D eigenvalue weighted by Crippen LogP contribution is -2.33. The maximum Gasteiger partial charge on any atom is 0.352 e. The normalized spacial score (nSPS) is 20.4. The first-order valence-electron chi connectivity index (χ1n) is 15.3. The summed E-state index contributed by atoms with van der Waals surface area (Å²) in [4.78, 5) is 48.2. The van der Waals surface area contributed by atoms with Crippen LogP contribution in [0, 0.1) is 18.6 Å². The van der Waals surface area contributed by atoms with Gasteiger partial charge in [0.05, 0.1) is 18.5 Å². The Balaban J connectivity index is 0.000000258. The Kier molecular flexibility index (Phi) is 17.1. The highest BCUT2D eigenvalue weighted by Gasteiger charge is 2.30. The van der Waals surface area contributed by atoms with Crippen LogP contribution in [0.5, 0.6) is 0 Å². The number of nitrogens with two attached hydrogens (primary N) is 1. The Labute approximate surface area is 283 Å². The largest absolute Gasteiger partial charge is 0.463 e. The van der Waals surface area contributed by atoms with Crippen LogP contribution in [0.4, 0.5) is 20.4 Å². The van der Waals surface area contributed by atoms with Crippen LogP contribution in [-0.4, -0.2) is 82.1 Å². The van der Waals surface area contributed by atoms with Crippen molar-refractivity contribution in [3.8, 4) is 0 Å². The SMILES string of the molecule is CCCC(=O)OC[C@@H]1OC(C)CS1.CCCC(=O)OC[C@H]1CSC(n2cc(F)c(N)nc2=O)O1.Cc1ncc(F)c(N[Si](C)(C)C)n1. The van der Waals surface area contributed by atoms with E-state index in [1.807, 2.05) is 20.8 Å². The predicted octanol–water partition coefficient (Wildman–Crippen LogP) is 4.87. The van der Waals surface area contributed by atoms with Crippen molar-refractivity contribution in [2.45, 2.75) is 96.2 Å². The van der Waals surface area contributed by atoms with Gasteiger partial charge in [-0.2, -0.15) is 4.98 Å². The van der Waals surface area contributed by atoms with E-state index < -0.39 is 31.1 Å². The number of carbonyl (C=O) groups is 2. The Morgan fingerprint density at radius 3 is 2.26 bits per heavy atom. The van der Waals surface area contributed by atoms with Gasteiger partial charge in [-0.15, -0.1) is 23.5 Å². The standard InChI is InChI=1S/C12H16FN3O4S.C9H16O3S.C8H14FN3Si/c1-2-3-9(17)19-5-7-6-21-12(20-7)16-4-8(13)10(14)15-11(16)18;1-3-4-8(10)11-5-9-12-7(2)6-13-9;1-6-10-5-7(9)8(11-6)12-13(2,3)4/h4,7,12H,2-3,5-6H2,1H3,(H2,14,15,18);7,9H,3-6H2,1-2H3;5H,1-4H3,(H,10,11,12)/t7-,12?;7?,9-;/m01./s1. The number of esters is 2. The summed E-state index contributed by atoms with van der Waals surface area (Å²) >= 11 is 3.01. The molecule has 4 heterocycles. The molecule has 2 saturated heterocycles. The summed E-state index contributed by atoms with van der Waals surface area (Å²) in [6.45, 7) is 14.4. The number of ether oxygens (including phenoxy) is 4. The van der Waals surface area contributed by atoms with Crippen LogP contribution in [0.3, 0.4) is 0 Å². The van der Waals surface area contributed by atoms with Gasteiger partial charge in [0.1, 0.15) is 38.8 Å². The number of hydrogen-bond donors (Lipinski definition) is 2. The van der Waals surface area contributed by atoms with Gasteiger partial charge in [-0.25, -0.2) is 23.5 Å². The van der Waals surface area contributed by atoms with Gasteiger partial charge < -0.3 is 29.7 Å². The number of anilines is 2. The van der Waals surface area contributed by atoms with Crippen LogP contribution in [-0.2, 0) is 28.5 Å². The summed E-state index contributed by atoms with van der Waals surface area (Å²) in [5, 5.41) is 0. The van der Waals surface area contributed by atoms with Crippen molar-refractivity contribution in [3.05, 3.63) is 40.3 Å². The van der Waals surface area contributed by atoms with Crippen LogP contribution < -0.4 is 16.4 Å². The minimum absolute atomic E-state index is 0.0517. The monoisotopic (exact) mass is 720 g/mol. The van der Waals surface area contributed by atoms with Gasteiger partial charge in [-0.3, -0.25) is 14.2 Å². The van der Waals surface area contributed by atoms with Gasteiger partial charge in [0.2, 0.25) is 0 Å². The molecular formula is C29H46F2N6O7S2Si. The fraction of sp³-hybridized carbons (Fsp3) is 0.655. The zero-order chi connectivity index (χ0) is 35.1. The van der Waals surface area contributed by atoms with Gasteiger partial charge in [0, 0.05) is 24.3 Å². The van der Waals surface area contributed by atoms with Gasteiger partial charge in [-0.1, -0.05) is 33.5 Å². The van der Waals surface area contributed by atoms with E-state index in [1.54, 1.807) is 18.7 Å². The molecule has 0 saturated carbocycles. The summed E-state index contributed by atoms with van der Waals surface area (Å²) in [6, 6.07) is 0. The molecule has 0 aromatic carbocycles. The van der Waals surface area contributed by atoms with E-state index in [9.17, 15) is 23.2 Å². The molecule has 0 amide bonds. The van der Waals surface area contributed by atoms with E-state index in [4.69, 9.17) is 24.7 Å². The number of aromatic nitrogens is 4. The zero-order valence-electron chi connectivity index (χ0n) is 27.9. The van der Waals surface area contributed by atoms with E-state index in [1.165, 1.54) is 18.0 Å². The van der Waals surface area contributed by atoms with E-state index in [0.29, 0.717) is 49.4 Å². The topological polar surface area (TPSA) is 170 Å². The third-order valence-corrected chi connectivity index (χ3v) is 9.33. The number of halogens is 2.